The fourth-order valence-corrected chi connectivity index (χ4v) is 1.83. The molecule has 0 saturated carbocycles. The van der Waals surface area contributed by atoms with Crippen LogP contribution >= 0.6 is 11.3 Å². The van der Waals surface area contributed by atoms with Gasteiger partial charge in [0.05, 0.1) is 5.69 Å². The monoisotopic (exact) mass is 220 g/mol. The van der Waals surface area contributed by atoms with Crippen LogP contribution in [0.5, 0.6) is 0 Å². The van der Waals surface area contributed by atoms with E-state index in [9.17, 15) is 13.6 Å². The lowest BCUT2D eigenvalue weighted by Crippen LogP contribution is -2.09. The number of Topliss-reactive ketones (excluding diaryl/α,β-unsaturated/α-hetero) is 1. The average molecular weight is 220 g/mol. The maximum absolute atomic E-state index is 12.1. The van der Waals surface area contributed by atoms with Gasteiger partial charge in [-0.15, -0.1) is 0 Å². The van der Waals surface area contributed by atoms with Crippen molar-refractivity contribution in [1.29, 1.82) is 0 Å². The maximum atomic E-state index is 12.1. The Morgan fingerprint density at radius 3 is 2.43 bits per heavy atom. The maximum Gasteiger partial charge on any atom is 0.301 e. The Morgan fingerprint density at radius 2 is 2.07 bits per heavy atom. The van der Waals surface area contributed by atoms with E-state index in [1.807, 2.05) is 0 Å². The van der Waals surface area contributed by atoms with Crippen molar-refractivity contribution in [3.8, 4) is 0 Å². The van der Waals surface area contributed by atoms with Gasteiger partial charge in [0.2, 0.25) is 5.78 Å². The van der Waals surface area contributed by atoms with Crippen molar-refractivity contribution < 1.29 is 13.6 Å². The smallest absolute Gasteiger partial charge is 0.301 e. The molecule has 0 unspecified atom stereocenters. The van der Waals surface area contributed by atoms with Gasteiger partial charge in [-0.1, -0.05) is 11.3 Å². The van der Waals surface area contributed by atoms with Crippen molar-refractivity contribution in [1.82, 2.24) is 4.98 Å². The highest BCUT2D eigenvalue weighted by atomic mass is 32.1. The molecule has 0 aliphatic carbocycles. The molecule has 1 rings (SSSR count). The highest BCUT2D eigenvalue weighted by Crippen LogP contribution is 2.26. The number of aromatic nitrogens is 1. The highest BCUT2D eigenvalue weighted by Gasteiger charge is 2.23. The summed E-state index contributed by atoms with van der Waals surface area (Å²) in [6, 6.07) is 0. The van der Waals surface area contributed by atoms with Crippen LogP contribution in [0.4, 0.5) is 13.9 Å². The average Bonchev–Trinajstić information content (AvgIpc) is 2.46. The largest absolute Gasteiger partial charge is 0.354 e. The lowest BCUT2D eigenvalue weighted by atomic mass is 10.3. The van der Waals surface area contributed by atoms with Gasteiger partial charge in [0.25, 0.3) is 0 Å². The lowest BCUT2D eigenvalue weighted by molar-refractivity contribution is 0.0682. The number of hydrogen-bond acceptors (Lipinski definition) is 4. The minimum atomic E-state index is -2.95. The van der Waals surface area contributed by atoms with Crippen molar-refractivity contribution in [3.05, 3.63) is 10.6 Å². The molecule has 1 aromatic rings. The van der Waals surface area contributed by atoms with Crippen LogP contribution in [-0.2, 0) is 0 Å². The van der Waals surface area contributed by atoms with E-state index in [1.54, 1.807) is 25.9 Å². The van der Waals surface area contributed by atoms with Gasteiger partial charge in [-0.2, -0.15) is 0 Å². The minimum Gasteiger partial charge on any atom is -0.354 e. The molecule has 0 N–H and O–H groups in total. The molecule has 0 fully saturated rings. The predicted octanol–water partition coefficient (Wildman–Crippen LogP) is 1.97. The number of alkyl halides is 2. The molecule has 0 aliphatic rings. The third-order valence-electron chi connectivity index (χ3n) is 1.59. The summed E-state index contributed by atoms with van der Waals surface area (Å²) in [6.45, 7) is 1.55. The molecule has 0 saturated heterocycles. The first-order valence-corrected chi connectivity index (χ1v) is 4.72. The number of hydrogen-bond donors (Lipinski definition) is 0. The van der Waals surface area contributed by atoms with Gasteiger partial charge in [0.1, 0.15) is 4.88 Å². The predicted molar refractivity (Wildman–Crippen MR) is 51.5 cm³/mol. The van der Waals surface area contributed by atoms with Gasteiger partial charge in [-0.05, 0) is 6.92 Å². The summed E-state index contributed by atoms with van der Waals surface area (Å²) in [7, 11) is 3.49. The van der Waals surface area contributed by atoms with Crippen LogP contribution in [0.3, 0.4) is 0 Å². The number of carbonyl (C=O) groups is 1. The Hall–Kier alpha value is -1.04. The number of anilines is 1. The van der Waals surface area contributed by atoms with Crippen LogP contribution in [0.25, 0.3) is 0 Å². The van der Waals surface area contributed by atoms with E-state index >= 15 is 0 Å². The zero-order chi connectivity index (χ0) is 10.9. The molecule has 14 heavy (non-hydrogen) atoms. The van der Waals surface area contributed by atoms with Crippen LogP contribution in [-0.4, -0.2) is 31.3 Å². The van der Waals surface area contributed by atoms with E-state index in [-0.39, 0.29) is 4.88 Å². The van der Waals surface area contributed by atoms with Gasteiger partial charge >= 0.3 is 6.43 Å². The molecule has 0 bridgehead atoms. The van der Waals surface area contributed by atoms with Crippen LogP contribution in [0.2, 0.25) is 0 Å². The SMILES string of the molecule is Cc1nc(N(C)C)sc1C(=O)C(F)F. The van der Waals surface area contributed by atoms with Crippen molar-refractivity contribution in [3.63, 3.8) is 0 Å². The molecule has 0 aliphatic heterocycles. The van der Waals surface area contributed by atoms with Crippen LogP contribution in [0, 0.1) is 6.92 Å². The van der Waals surface area contributed by atoms with E-state index in [0.29, 0.717) is 10.8 Å². The molecule has 1 aromatic heterocycles. The molecule has 3 nitrogen and oxygen atoms in total. The summed E-state index contributed by atoms with van der Waals surface area (Å²) in [5.74, 6) is -1.15. The third-order valence-corrected chi connectivity index (χ3v) is 2.93. The molecule has 1 heterocycles. The summed E-state index contributed by atoms with van der Waals surface area (Å²) in [5.41, 5.74) is 0.365. The standard InChI is InChI=1S/C8H10F2N2OS/c1-4-6(5(13)7(9)10)14-8(11-4)12(2)3/h7H,1-3H3. The van der Waals surface area contributed by atoms with Gasteiger partial charge in [0.15, 0.2) is 5.13 Å². The quantitative estimate of drug-likeness (QED) is 0.730. The zero-order valence-electron chi connectivity index (χ0n) is 8.04. The van der Waals surface area contributed by atoms with Crippen LogP contribution in [0.1, 0.15) is 15.4 Å². The van der Waals surface area contributed by atoms with Gasteiger partial charge in [-0.25, -0.2) is 13.8 Å². The minimum absolute atomic E-state index is 0.0451. The second kappa shape index (κ2) is 4.00. The Morgan fingerprint density at radius 1 is 1.50 bits per heavy atom. The topological polar surface area (TPSA) is 33.2 Å². The van der Waals surface area contributed by atoms with Crippen molar-refractivity contribution in [2.24, 2.45) is 0 Å². The molecule has 0 aromatic carbocycles. The van der Waals surface area contributed by atoms with Crippen molar-refractivity contribution >= 4 is 22.3 Å². The second-order valence-electron chi connectivity index (χ2n) is 2.97. The van der Waals surface area contributed by atoms with E-state index in [0.717, 1.165) is 11.3 Å². The number of aryl methyl sites for hydroxylation is 1. The van der Waals surface area contributed by atoms with E-state index < -0.39 is 12.2 Å². The number of carbonyl (C=O) groups excluding carboxylic acids is 1. The first-order chi connectivity index (χ1) is 6.43. The molecular formula is C8H10F2N2OS. The number of halogens is 2. The first-order valence-electron chi connectivity index (χ1n) is 3.90. The Labute approximate surface area is 84.4 Å². The Balaban J connectivity index is 3.04. The summed E-state index contributed by atoms with van der Waals surface area (Å²) in [5, 5.41) is 0.562. The van der Waals surface area contributed by atoms with Gasteiger partial charge in [0, 0.05) is 14.1 Å². The van der Waals surface area contributed by atoms with Crippen molar-refractivity contribution in [2.75, 3.05) is 19.0 Å². The fraction of sp³-hybridized carbons (Fsp3) is 0.500. The normalized spacial score (nSPS) is 10.7. The second-order valence-corrected chi connectivity index (χ2v) is 3.95. The van der Waals surface area contributed by atoms with E-state index in [4.69, 9.17) is 0 Å². The van der Waals surface area contributed by atoms with Crippen molar-refractivity contribution in [2.45, 2.75) is 13.3 Å². The zero-order valence-corrected chi connectivity index (χ0v) is 8.86. The molecule has 78 valence electrons. The number of thiazole rings is 1. The van der Waals surface area contributed by atoms with Gasteiger partial charge in [-0.3, -0.25) is 4.79 Å². The number of nitrogens with zero attached hydrogens (tertiary/aromatic N) is 2. The Bertz CT molecular complexity index is 349. The summed E-state index contributed by atoms with van der Waals surface area (Å²) < 4.78 is 24.2. The summed E-state index contributed by atoms with van der Waals surface area (Å²) >= 11 is 0.989. The molecule has 0 atom stereocenters. The van der Waals surface area contributed by atoms with E-state index in [1.165, 1.54) is 0 Å². The van der Waals surface area contributed by atoms with E-state index in [2.05, 4.69) is 4.98 Å². The highest BCUT2D eigenvalue weighted by molar-refractivity contribution is 7.17. The molecule has 0 amide bonds. The van der Waals surface area contributed by atoms with Crippen LogP contribution in [0.15, 0.2) is 0 Å². The van der Waals surface area contributed by atoms with Crippen LogP contribution < -0.4 is 4.90 Å². The Kier molecular flexibility index (Phi) is 3.15. The van der Waals surface area contributed by atoms with Gasteiger partial charge < -0.3 is 4.90 Å². The lowest BCUT2D eigenvalue weighted by Gasteiger charge is -2.04. The molecule has 0 radical (unpaired) electrons. The number of rotatable bonds is 3. The summed E-state index contributed by atoms with van der Waals surface area (Å²) in [6.07, 6.45) is -2.95. The number of ketones is 1. The summed E-state index contributed by atoms with van der Waals surface area (Å²) in [4.78, 5) is 16.7. The fourth-order valence-electron chi connectivity index (χ4n) is 0.901. The molecule has 0 spiro atoms. The molecule has 6 heteroatoms. The first kappa shape index (κ1) is 11.0. The third kappa shape index (κ3) is 2.06. The molecular weight excluding hydrogens is 210 g/mol.